The minimum Gasteiger partial charge on any atom is -0.493 e. The number of nitrogens with zero attached hydrogens (tertiary/aromatic N) is 1. The van der Waals surface area contributed by atoms with Gasteiger partial charge < -0.3 is 15.5 Å². The van der Waals surface area contributed by atoms with Gasteiger partial charge >= 0.3 is 0 Å². The summed E-state index contributed by atoms with van der Waals surface area (Å²) < 4.78 is 5.71. The molecule has 0 amide bonds. The zero-order chi connectivity index (χ0) is 15.1. The predicted octanol–water partition coefficient (Wildman–Crippen LogP) is 1.45. The van der Waals surface area contributed by atoms with Crippen molar-refractivity contribution in [2.24, 2.45) is 5.73 Å². The molecule has 0 bridgehead atoms. The first-order valence-corrected chi connectivity index (χ1v) is 7.22. The molecule has 0 radical (unpaired) electrons. The quantitative estimate of drug-likeness (QED) is 0.807. The number of aryl methyl sites for hydroxylation is 1. The number of aromatic amines is 1. The van der Waals surface area contributed by atoms with Crippen molar-refractivity contribution in [2.75, 3.05) is 13.2 Å². The Morgan fingerprint density at radius 2 is 2.14 bits per heavy atom. The Labute approximate surface area is 124 Å². The Hall–Kier alpha value is -2.14. The number of nitrogens with two attached hydrogens (primary N) is 1. The van der Waals surface area contributed by atoms with Crippen LogP contribution in [-0.4, -0.2) is 23.1 Å². The predicted molar refractivity (Wildman–Crippen MR) is 82.6 cm³/mol. The van der Waals surface area contributed by atoms with E-state index in [0.29, 0.717) is 31.8 Å². The lowest BCUT2D eigenvalue weighted by Crippen LogP contribution is -2.16. The fourth-order valence-electron chi connectivity index (χ4n) is 2.08. The molecule has 1 aromatic carbocycles. The van der Waals surface area contributed by atoms with Crippen molar-refractivity contribution in [1.82, 2.24) is 9.97 Å². The van der Waals surface area contributed by atoms with Crippen LogP contribution in [0.5, 0.6) is 5.75 Å². The highest BCUT2D eigenvalue weighted by Crippen LogP contribution is 2.13. The van der Waals surface area contributed by atoms with Gasteiger partial charge in [-0.3, -0.25) is 4.79 Å². The van der Waals surface area contributed by atoms with Crippen molar-refractivity contribution in [3.63, 3.8) is 0 Å². The minimum atomic E-state index is -0.142. The summed E-state index contributed by atoms with van der Waals surface area (Å²) in [4.78, 5) is 18.6. The Bertz CT molecular complexity index is 637. The molecule has 0 aliphatic heterocycles. The van der Waals surface area contributed by atoms with Gasteiger partial charge in [-0.15, -0.1) is 0 Å². The maximum atomic E-state index is 11.5. The zero-order valence-corrected chi connectivity index (χ0v) is 12.3. The number of nitrogens with one attached hydrogen (secondary N) is 1. The van der Waals surface area contributed by atoms with Crippen LogP contribution in [-0.2, 0) is 19.3 Å². The largest absolute Gasteiger partial charge is 0.493 e. The number of rotatable bonds is 7. The first-order valence-electron chi connectivity index (χ1n) is 7.22. The normalized spacial score (nSPS) is 10.6. The molecular formula is C16H21N3O2. The molecule has 0 spiro atoms. The fraction of sp³-hybridized carbons (Fsp3) is 0.375. The molecule has 0 saturated carbocycles. The minimum absolute atomic E-state index is 0.142. The molecule has 0 fully saturated rings. The third-order valence-electron chi connectivity index (χ3n) is 3.16. The average Bonchev–Trinajstić information content (AvgIpc) is 2.47. The zero-order valence-electron chi connectivity index (χ0n) is 12.3. The van der Waals surface area contributed by atoms with Gasteiger partial charge in [0.25, 0.3) is 5.56 Å². The number of hydrogen-bond acceptors (Lipinski definition) is 4. The van der Waals surface area contributed by atoms with Crippen molar-refractivity contribution in [1.29, 1.82) is 0 Å². The SMILES string of the molecule is CCc1cccc(OCCc2nc(CCN)cc(=O)[nH]2)c1. The molecule has 5 heteroatoms. The van der Waals surface area contributed by atoms with Crippen LogP contribution >= 0.6 is 0 Å². The van der Waals surface area contributed by atoms with Gasteiger partial charge in [0.1, 0.15) is 11.6 Å². The third kappa shape index (κ3) is 4.72. The third-order valence-corrected chi connectivity index (χ3v) is 3.16. The van der Waals surface area contributed by atoms with E-state index in [1.807, 2.05) is 18.2 Å². The van der Waals surface area contributed by atoms with E-state index in [1.165, 1.54) is 11.6 Å². The molecular weight excluding hydrogens is 266 g/mol. The molecule has 2 aromatic rings. The maximum Gasteiger partial charge on any atom is 0.251 e. The lowest BCUT2D eigenvalue weighted by atomic mass is 10.2. The molecule has 5 nitrogen and oxygen atoms in total. The number of hydrogen-bond donors (Lipinski definition) is 2. The first kappa shape index (κ1) is 15.3. The van der Waals surface area contributed by atoms with Crippen LogP contribution in [0.3, 0.4) is 0 Å². The van der Waals surface area contributed by atoms with Gasteiger partial charge in [-0.1, -0.05) is 19.1 Å². The molecule has 0 aliphatic carbocycles. The number of H-pyrrole nitrogens is 1. The highest BCUT2D eigenvalue weighted by molar-refractivity contribution is 5.28. The topological polar surface area (TPSA) is 81.0 Å². The van der Waals surface area contributed by atoms with E-state index in [1.54, 1.807) is 0 Å². The fourth-order valence-corrected chi connectivity index (χ4v) is 2.08. The summed E-state index contributed by atoms with van der Waals surface area (Å²) in [6, 6.07) is 9.50. The molecule has 0 unspecified atom stereocenters. The summed E-state index contributed by atoms with van der Waals surface area (Å²) >= 11 is 0. The van der Waals surface area contributed by atoms with Crippen LogP contribution in [0.25, 0.3) is 0 Å². The van der Waals surface area contributed by atoms with E-state index >= 15 is 0 Å². The average molecular weight is 287 g/mol. The molecule has 2 rings (SSSR count). The van der Waals surface area contributed by atoms with Crippen molar-refractivity contribution < 1.29 is 4.74 Å². The summed E-state index contributed by atoms with van der Waals surface area (Å²) in [5.74, 6) is 1.48. The second kappa shape index (κ2) is 7.59. The van der Waals surface area contributed by atoms with Crippen LogP contribution in [0.15, 0.2) is 35.1 Å². The summed E-state index contributed by atoms with van der Waals surface area (Å²) in [5, 5.41) is 0. The van der Waals surface area contributed by atoms with E-state index in [2.05, 4.69) is 23.0 Å². The number of ether oxygens (including phenoxy) is 1. The molecule has 3 N–H and O–H groups in total. The van der Waals surface area contributed by atoms with Crippen molar-refractivity contribution in [2.45, 2.75) is 26.2 Å². The molecule has 1 aromatic heterocycles. The van der Waals surface area contributed by atoms with Gasteiger partial charge in [0.05, 0.1) is 6.61 Å². The van der Waals surface area contributed by atoms with Gasteiger partial charge in [0, 0.05) is 24.6 Å². The smallest absolute Gasteiger partial charge is 0.251 e. The Morgan fingerprint density at radius 3 is 2.90 bits per heavy atom. The Balaban J connectivity index is 1.95. The first-order chi connectivity index (χ1) is 10.2. The summed E-state index contributed by atoms with van der Waals surface area (Å²) in [5.41, 5.74) is 7.31. The highest BCUT2D eigenvalue weighted by Gasteiger charge is 2.02. The second-order valence-electron chi connectivity index (χ2n) is 4.82. The van der Waals surface area contributed by atoms with Gasteiger partial charge in [-0.05, 0) is 30.7 Å². The van der Waals surface area contributed by atoms with Crippen LogP contribution in [0.1, 0.15) is 24.0 Å². The van der Waals surface area contributed by atoms with Crippen LogP contribution in [0.2, 0.25) is 0 Å². The summed E-state index contributed by atoms with van der Waals surface area (Å²) in [6.45, 7) is 3.06. The second-order valence-corrected chi connectivity index (χ2v) is 4.82. The molecule has 0 saturated heterocycles. The summed E-state index contributed by atoms with van der Waals surface area (Å²) in [7, 11) is 0. The number of benzene rings is 1. The van der Waals surface area contributed by atoms with Gasteiger partial charge in [-0.2, -0.15) is 0 Å². The lowest BCUT2D eigenvalue weighted by Gasteiger charge is -2.08. The Morgan fingerprint density at radius 1 is 1.29 bits per heavy atom. The standard InChI is InChI=1S/C16H21N3O2/c1-2-12-4-3-5-14(10-12)21-9-7-15-18-13(6-8-17)11-16(20)19-15/h3-5,10-11H,2,6-9,17H2,1H3,(H,18,19,20). The van der Waals surface area contributed by atoms with Crippen molar-refractivity contribution in [3.8, 4) is 5.75 Å². The molecule has 0 atom stereocenters. The molecule has 1 heterocycles. The van der Waals surface area contributed by atoms with E-state index < -0.39 is 0 Å². The molecule has 21 heavy (non-hydrogen) atoms. The van der Waals surface area contributed by atoms with Gasteiger partial charge in [-0.25, -0.2) is 4.98 Å². The number of aromatic nitrogens is 2. The van der Waals surface area contributed by atoms with Crippen molar-refractivity contribution >= 4 is 0 Å². The van der Waals surface area contributed by atoms with E-state index in [4.69, 9.17) is 10.5 Å². The monoisotopic (exact) mass is 287 g/mol. The van der Waals surface area contributed by atoms with Gasteiger partial charge in [0.2, 0.25) is 0 Å². The van der Waals surface area contributed by atoms with Crippen LogP contribution in [0, 0.1) is 0 Å². The Kier molecular flexibility index (Phi) is 5.51. The van der Waals surface area contributed by atoms with E-state index in [9.17, 15) is 4.79 Å². The maximum absolute atomic E-state index is 11.5. The van der Waals surface area contributed by atoms with Crippen molar-refractivity contribution in [3.05, 3.63) is 57.8 Å². The van der Waals surface area contributed by atoms with E-state index in [-0.39, 0.29) is 5.56 Å². The van der Waals surface area contributed by atoms with Gasteiger partial charge in [0.15, 0.2) is 0 Å². The highest BCUT2D eigenvalue weighted by atomic mass is 16.5. The lowest BCUT2D eigenvalue weighted by molar-refractivity contribution is 0.318. The molecule has 112 valence electrons. The van der Waals surface area contributed by atoms with E-state index in [0.717, 1.165) is 17.9 Å². The molecule has 0 aliphatic rings. The van der Waals surface area contributed by atoms with Crippen LogP contribution in [0.4, 0.5) is 0 Å². The summed E-state index contributed by atoms with van der Waals surface area (Å²) in [6.07, 6.45) is 2.15. The van der Waals surface area contributed by atoms with Crippen LogP contribution < -0.4 is 16.0 Å².